The molecule has 3 rings (SSSR count). The first kappa shape index (κ1) is 9.40. The van der Waals surface area contributed by atoms with Gasteiger partial charge in [0.05, 0.1) is 6.20 Å². The molecule has 1 heterocycles. The Bertz CT molecular complexity index is 369. The number of rotatable bonds is 2. The van der Waals surface area contributed by atoms with Crippen LogP contribution in [0.3, 0.4) is 0 Å². The van der Waals surface area contributed by atoms with E-state index in [0.717, 1.165) is 17.7 Å². The van der Waals surface area contributed by atoms with E-state index in [1.807, 2.05) is 0 Å². The average Bonchev–Trinajstić information content (AvgIpc) is 2.83. The summed E-state index contributed by atoms with van der Waals surface area (Å²) >= 11 is 6.02. The maximum Gasteiger partial charge on any atom is 0.148 e. The quantitative estimate of drug-likeness (QED) is 0.838. The lowest BCUT2D eigenvalue weighted by Crippen LogP contribution is -2.26. The van der Waals surface area contributed by atoms with Gasteiger partial charge >= 0.3 is 0 Å². The maximum atomic E-state index is 6.02. The van der Waals surface area contributed by atoms with E-state index in [0.29, 0.717) is 11.1 Å². The molecule has 15 heavy (non-hydrogen) atoms. The summed E-state index contributed by atoms with van der Waals surface area (Å²) in [5, 5.41) is 4.08. The maximum absolute atomic E-state index is 6.02. The van der Waals surface area contributed by atoms with E-state index < -0.39 is 0 Å². The molecule has 0 radical (unpaired) electrons. The molecule has 3 atom stereocenters. The van der Waals surface area contributed by atoms with Gasteiger partial charge in [0.2, 0.25) is 0 Å². The first-order chi connectivity index (χ1) is 7.33. The topological polar surface area (TPSA) is 37.8 Å². The molecule has 80 valence electrons. The number of hydrogen-bond acceptors (Lipinski definition) is 3. The zero-order valence-corrected chi connectivity index (χ0v) is 9.24. The minimum absolute atomic E-state index is 0.580. The third-order valence-corrected chi connectivity index (χ3v) is 4.00. The Balaban J connectivity index is 1.73. The lowest BCUT2D eigenvalue weighted by Gasteiger charge is -2.23. The van der Waals surface area contributed by atoms with Gasteiger partial charge in [-0.2, -0.15) is 0 Å². The molecule has 2 saturated carbocycles. The smallest absolute Gasteiger partial charge is 0.148 e. The van der Waals surface area contributed by atoms with Gasteiger partial charge in [-0.1, -0.05) is 18.0 Å². The molecule has 2 fully saturated rings. The summed E-state index contributed by atoms with van der Waals surface area (Å²) in [6, 6.07) is 0.580. The first-order valence-corrected chi connectivity index (χ1v) is 5.93. The minimum Gasteiger partial charge on any atom is -0.366 e. The van der Waals surface area contributed by atoms with E-state index in [4.69, 9.17) is 11.6 Å². The van der Waals surface area contributed by atoms with Crippen molar-refractivity contribution in [3.8, 4) is 0 Å². The van der Waals surface area contributed by atoms with Crippen LogP contribution in [0, 0.1) is 11.8 Å². The molecular weight excluding hydrogens is 210 g/mol. The van der Waals surface area contributed by atoms with Crippen molar-refractivity contribution in [2.45, 2.75) is 31.7 Å². The highest BCUT2D eigenvalue weighted by atomic mass is 35.5. The lowest BCUT2D eigenvalue weighted by molar-refractivity contribution is 0.439. The van der Waals surface area contributed by atoms with Crippen LogP contribution in [0.15, 0.2) is 12.5 Å². The van der Waals surface area contributed by atoms with E-state index in [-0.39, 0.29) is 0 Å². The monoisotopic (exact) mass is 223 g/mol. The highest BCUT2D eigenvalue weighted by Crippen LogP contribution is 2.45. The minimum atomic E-state index is 0.580. The van der Waals surface area contributed by atoms with Crippen LogP contribution in [0.5, 0.6) is 0 Å². The Morgan fingerprint density at radius 2 is 2.27 bits per heavy atom. The highest BCUT2D eigenvalue weighted by molar-refractivity contribution is 6.32. The summed E-state index contributed by atoms with van der Waals surface area (Å²) in [5.41, 5.74) is 0. The number of nitrogens with zero attached hydrogens (tertiary/aromatic N) is 2. The summed E-state index contributed by atoms with van der Waals surface area (Å²) in [5.74, 6) is 2.57. The van der Waals surface area contributed by atoms with E-state index in [9.17, 15) is 0 Å². The first-order valence-electron chi connectivity index (χ1n) is 5.55. The van der Waals surface area contributed by atoms with Gasteiger partial charge in [0.25, 0.3) is 0 Å². The predicted octanol–water partition coefficient (Wildman–Crippen LogP) is 2.73. The van der Waals surface area contributed by atoms with Gasteiger partial charge in [-0.15, -0.1) is 0 Å². The number of nitrogens with one attached hydrogen (secondary N) is 1. The summed E-state index contributed by atoms with van der Waals surface area (Å²) in [6.45, 7) is 0. The standard InChI is InChI=1S/C11H14ClN3/c12-9-5-13-6-14-11(9)15-10-4-7-1-2-8(10)3-7/h5-8,10H,1-4H2,(H,13,14,15). The van der Waals surface area contributed by atoms with Crippen LogP contribution in [0.25, 0.3) is 0 Å². The second-order valence-corrected chi connectivity index (χ2v) is 5.05. The molecule has 2 bridgehead atoms. The summed E-state index contributed by atoms with van der Waals surface area (Å²) in [6.07, 6.45) is 8.64. The van der Waals surface area contributed by atoms with Crippen LogP contribution in [-0.4, -0.2) is 16.0 Å². The van der Waals surface area contributed by atoms with Gasteiger partial charge in [0.15, 0.2) is 0 Å². The van der Waals surface area contributed by atoms with Crippen molar-refractivity contribution in [2.24, 2.45) is 11.8 Å². The normalized spacial score (nSPS) is 33.3. The van der Waals surface area contributed by atoms with Crippen LogP contribution in [0.1, 0.15) is 25.7 Å². The van der Waals surface area contributed by atoms with Crippen LogP contribution in [0.4, 0.5) is 5.82 Å². The van der Waals surface area contributed by atoms with Crippen molar-refractivity contribution >= 4 is 17.4 Å². The Kier molecular flexibility index (Phi) is 2.28. The summed E-state index contributed by atoms with van der Waals surface area (Å²) in [4.78, 5) is 8.06. The van der Waals surface area contributed by atoms with E-state index in [2.05, 4.69) is 15.3 Å². The summed E-state index contributed by atoms with van der Waals surface area (Å²) in [7, 11) is 0. The van der Waals surface area contributed by atoms with E-state index in [1.165, 1.54) is 25.7 Å². The molecular formula is C11H14ClN3. The van der Waals surface area contributed by atoms with E-state index >= 15 is 0 Å². The Labute approximate surface area is 94.3 Å². The van der Waals surface area contributed by atoms with Crippen LogP contribution < -0.4 is 5.32 Å². The number of anilines is 1. The van der Waals surface area contributed by atoms with Crippen molar-refractivity contribution < 1.29 is 0 Å². The second kappa shape index (κ2) is 3.63. The lowest BCUT2D eigenvalue weighted by atomic mass is 9.95. The van der Waals surface area contributed by atoms with Gasteiger partial charge in [-0.3, -0.25) is 0 Å². The third-order valence-electron chi connectivity index (χ3n) is 3.73. The van der Waals surface area contributed by atoms with Crippen LogP contribution >= 0.6 is 11.6 Å². The highest BCUT2D eigenvalue weighted by Gasteiger charge is 2.39. The van der Waals surface area contributed by atoms with Crippen molar-refractivity contribution in [3.63, 3.8) is 0 Å². The van der Waals surface area contributed by atoms with Gasteiger partial charge in [0, 0.05) is 6.04 Å². The Hall–Kier alpha value is -0.830. The fourth-order valence-corrected chi connectivity index (χ4v) is 3.18. The molecule has 0 spiro atoms. The fraction of sp³-hybridized carbons (Fsp3) is 0.636. The molecule has 1 N–H and O–H groups in total. The molecule has 2 aliphatic carbocycles. The molecule has 0 aromatic carbocycles. The third kappa shape index (κ3) is 1.69. The van der Waals surface area contributed by atoms with Crippen molar-refractivity contribution in [2.75, 3.05) is 5.32 Å². The predicted molar refractivity (Wildman–Crippen MR) is 59.9 cm³/mol. The molecule has 1 aromatic rings. The van der Waals surface area contributed by atoms with Crippen LogP contribution in [-0.2, 0) is 0 Å². The SMILES string of the molecule is Clc1cncnc1NC1CC2CCC1C2. The zero-order valence-electron chi connectivity index (χ0n) is 8.49. The summed E-state index contributed by atoms with van der Waals surface area (Å²) < 4.78 is 0. The van der Waals surface area contributed by atoms with E-state index in [1.54, 1.807) is 12.5 Å². The molecule has 2 aliphatic rings. The molecule has 3 unspecified atom stereocenters. The van der Waals surface area contributed by atoms with Gasteiger partial charge in [0.1, 0.15) is 17.2 Å². The van der Waals surface area contributed by atoms with Crippen LogP contribution in [0.2, 0.25) is 5.02 Å². The van der Waals surface area contributed by atoms with Crippen molar-refractivity contribution in [1.82, 2.24) is 9.97 Å². The van der Waals surface area contributed by atoms with Gasteiger partial charge < -0.3 is 5.32 Å². The molecule has 0 saturated heterocycles. The fourth-order valence-electron chi connectivity index (χ4n) is 3.02. The van der Waals surface area contributed by atoms with Crippen molar-refractivity contribution in [1.29, 1.82) is 0 Å². The number of aromatic nitrogens is 2. The van der Waals surface area contributed by atoms with Gasteiger partial charge in [-0.25, -0.2) is 9.97 Å². The van der Waals surface area contributed by atoms with Crippen molar-refractivity contribution in [3.05, 3.63) is 17.5 Å². The average molecular weight is 224 g/mol. The van der Waals surface area contributed by atoms with Gasteiger partial charge in [-0.05, 0) is 31.1 Å². The number of fused-ring (bicyclic) bond motifs is 2. The number of halogens is 1. The zero-order chi connectivity index (χ0) is 10.3. The molecule has 1 aromatic heterocycles. The second-order valence-electron chi connectivity index (χ2n) is 4.64. The Morgan fingerprint density at radius 1 is 1.33 bits per heavy atom. The largest absolute Gasteiger partial charge is 0.366 e. The Morgan fingerprint density at radius 3 is 2.93 bits per heavy atom. The molecule has 0 amide bonds. The molecule has 3 nitrogen and oxygen atoms in total. The number of hydrogen-bond donors (Lipinski definition) is 1. The molecule has 0 aliphatic heterocycles. The molecule has 4 heteroatoms.